The standard InChI is InChI=1S/C17H22N4O/c1-12(2)21(11-13-6-4-3-5-7-13)17(22)14-8-9-15-16(10-14)19-20-18-15/h3-7,12,14H,8-11H2,1-2H3,(H,18,19,20). The van der Waals surface area contributed by atoms with Crippen LogP contribution in [0.1, 0.15) is 37.2 Å². The highest BCUT2D eigenvalue weighted by molar-refractivity contribution is 5.79. The van der Waals surface area contributed by atoms with E-state index in [4.69, 9.17) is 0 Å². The average Bonchev–Trinajstić information content (AvgIpc) is 3.00. The Bertz CT molecular complexity index is 635. The fraction of sp³-hybridized carbons (Fsp3) is 0.471. The first-order valence-corrected chi connectivity index (χ1v) is 7.88. The summed E-state index contributed by atoms with van der Waals surface area (Å²) in [5.41, 5.74) is 3.14. The van der Waals surface area contributed by atoms with Crippen molar-refractivity contribution in [3.63, 3.8) is 0 Å². The number of aromatic amines is 1. The number of rotatable bonds is 4. The first kappa shape index (κ1) is 14.8. The summed E-state index contributed by atoms with van der Waals surface area (Å²) in [6.07, 6.45) is 2.39. The Kier molecular flexibility index (Phi) is 4.22. The Balaban J connectivity index is 1.73. The van der Waals surface area contributed by atoms with Gasteiger partial charge >= 0.3 is 0 Å². The fourth-order valence-corrected chi connectivity index (χ4v) is 3.03. The molecule has 3 rings (SSSR count). The molecule has 0 spiro atoms. The van der Waals surface area contributed by atoms with Crippen LogP contribution in [-0.2, 0) is 24.2 Å². The maximum atomic E-state index is 12.9. The number of carbonyl (C=O) groups is 1. The van der Waals surface area contributed by atoms with Gasteiger partial charge in [-0.2, -0.15) is 15.4 Å². The number of benzene rings is 1. The van der Waals surface area contributed by atoms with E-state index in [0.29, 0.717) is 13.0 Å². The summed E-state index contributed by atoms with van der Waals surface area (Å²) < 4.78 is 0. The van der Waals surface area contributed by atoms with Gasteiger partial charge in [0.1, 0.15) is 0 Å². The average molecular weight is 298 g/mol. The molecule has 1 unspecified atom stereocenters. The molecule has 1 N–H and O–H groups in total. The molecule has 1 heterocycles. The second-order valence-corrected chi connectivity index (χ2v) is 6.20. The number of carbonyl (C=O) groups excluding carboxylic acids is 1. The number of fused-ring (bicyclic) bond motifs is 1. The van der Waals surface area contributed by atoms with Crippen molar-refractivity contribution in [1.29, 1.82) is 0 Å². The lowest BCUT2D eigenvalue weighted by atomic mass is 9.88. The molecule has 5 heteroatoms. The predicted octanol–water partition coefficient (Wildman–Crippen LogP) is 2.35. The molecular formula is C17H22N4O. The summed E-state index contributed by atoms with van der Waals surface area (Å²) in [4.78, 5) is 14.9. The lowest BCUT2D eigenvalue weighted by Crippen LogP contribution is -2.42. The van der Waals surface area contributed by atoms with Gasteiger partial charge in [-0.05, 0) is 32.3 Å². The smallest absolute Gasteiger partial charge is 0.226 e. The van der Waals surface area contributed by atoms with Crippen molar-refractivity contribution in [2.75, 3.05) is 0 Å². The van der Waals surface area contributed by atoms with Gasteiger partial charge in [-0.15, -0.1) is 0 Å². The molecule has 2 aromatic rings. The Hall–Kier alpha value is -2.17. The first-order valence-electron chi connectivity index (χ1n) is 7.88. The van der Waals surface area contributed by atoms with Crippen LogP contribution in [0.5, 0.6) is 0 Å². The molecule has 0 aliphatic heterocycles. The van der Waals surface area contributed by atoms with Gasteiger partial charge in [-0.1, -0.05) is 30.3 Å². The van der Waals surface area contributed by atoms with Crippen LogP contribution in [0, 0.1) is 5.92 Å². The molecule has 0 radical (unpaired) electrons. The van der Waals surface area contributed by atoms with E-state index in [0.717, 1.165) is 24.2 Å². The van der Waals surface area contributed by atoms with Crippen molar-refractivity contribution in [3.05, 3.63) is 47.3 Å². The molecule has 1 aromatic heterocycles. The largest absolute Gasteiger partial charge is 0.336 e. The van der Waals surface area contributed by atoms with E-state index in [-0.39, 0.29) is 17.9 Å². The van der Waals surface area contributed by atoms with Crippen LogP contribution < -0.4 is 0 Å². The highest BCUT2D eigenvalue weighted by Crippen LogP contribution is 2.25. The Morgan fingerprint density at radius 1 is 1.27 bits per heavy atom. The van der Waals surface area contributed by atoms with Gasteiger partial charge in [-0.3, -0.25) is 4.79 Å². The molecular weight excluding hydrogens is 276 g/mol. The predicted molar refractivity (Wildman–Crippen MR) is 84.0 cm³/mol. The van der Waals surface area contributed by atoms with Crippen LogP contribution in [0.3, 0.4) is 0 Å². The van der Waals surface area contributed by atoms with Gasteiger partial charge in [0.05, 0.1) is 11.4 Å². The fourth-order valence-electron chi connectivity index (χ4n) is 3.03. The minimum absolute atomic E-state index is 0.0173. The maximum absolute atomic E-state index is 12.9. The molecule has 1 aliphatic rings. The van der Waals surface area contributed by atoms with Gasteiger partial charge in [0.2, 0.25) is 5.91 Å². The summed E-state index contributed by atoms with van der Waals surface area (Å²) in [7, 11) is 0. The molecule has 0 bridgehead atoms. The van der Waals surface area contributed by atoms with Crippen molar-refractivity contribution in [1.82, 2.24) is 20.3 Å². The van der Waals surface area contributed by atoms with Crippen LogP contribution in [0.4, 0.5) is 0 Å². The first-order chi connectivity index (χ1) is 10.6. The number of H-pyrrole nitrogens is 1. The molecule has 22 heavy (non-hydrogen) atoms. The number of hydrogen-bond donors (Lipinski definition) is 1. The summed E-state index contributed by atoms with van der Waals surface area (Å²) in [6, 6.07) is 10.4. The quantitative estimate of drug-likeness (QED) is 0.942. The SMILES string of the molecule is CC(C)N(Cc1ccccc1)C(=O)C1CCc2n[nH]nc2C1. The number of amides is 1. The van der Waals surface area contributed by atoms with Crippen molar-refractivity contribution in [2.45, 2.75) is 45.7 Å². The lowest BCUT2D eigenvalue weighted by Gasteiger charge is -2.32. The topological polar surface area (TPSA) is 61.9 Å². The van der Waals surface area contributed by atoms with E-state index >= 15 is 0 Å². The Morgan fingerprint density at radius 3 is 2.73 bits per heavy atom. The van der Waals surface area contributed by atoms with Crippen LogP contribution >= 0.6 is 0 Å². The van der Waals surface area contributed by atoms with Gasteiger partial charge in [0, 0.05) is 24.9 Å². The van der Waals surface area contributed by atoms with Crippen molar-refractivity contribution < 1.29 is 4.79 Å². The van der Waals surface area contributed by atoms with E-state index in [2.05, 4.69) is 41.4 Å². The van der Waals surface area contributed by atoms with E-state index in [1.807, 2.05) is 23.1 Å². The normalized spacial score (nSPS) is 17.3. The molecule has 1 aromatic carbocycles. The van der Waals surface area contributed by atoms with Crippen molar-refractivity contribution in [2.24, 2.45) is 5.92 Å². The van der Waals surface area contributed by atoms with Crippen molar-refractivity contribution >= 4 is 5.91 Å². The zero-order valence-electron chi connectivity index (χ0n) is 13.1. The number of nitrogens with one attached hydrogen (secondary N) is 1. The van der Waals surface area contributed by atoms with E-state index in [9.17, 15) is 4.79 Å². The molecule has 0 saturated heterocycles. The number of aromatic nitrogens is 3. The summed E-state index contributed by atoms with van der Waals surface area (Å²) >= 11 is 0. The molecule has 0 fully saturated rings. The van der Waals surface area contributed by atoms with Gasteiger partial charge < -0.3 is 4.90 Å². The zero-order valence-corrected chi connectivity index (χ0v) is 13.1. The molecule has 5 nitrogen and oxygen atoms in total. The highest BCUT2D eigenvalue weighted by atomic mass is 16.2. The third kappa shape index (κ3) is 3.03. The summed E-state index contributed by atoms with van der Waals surface area (Å²) in [5, 5.41) is 11.0. The van der Waals surface area contributed by atoms with E-state index in [1.165, 1.54) is 5.56 Å². The Morgan fingerprint density at radius 2 is 2.00 bits per heavy atom. The van der Waals surface area contributed by atoms with Gasteiger partial charge in [-0.25, -0.2) is 0 Å². The van der Waals surface area contributed by atoms with Crippen LogP contribution in [-0.4, -0.2) is 32.3 Å². The Labute approximate surface area is 130 Å². The third-order valence-electron chi connectivity index (χ3n) is 4.32. The minimum atomic E-state index is 0.0173. The summed E-state index contributed by atoms with van der Waals surface area (Å²) in [6.45, 7) is 4.82. The molecule has 116 valence electrons. The molecule has 1 atom stereocenters. The number of aryl methyl sites for hydroxylation is 1. The lowest BCUT2D eigenvalue weighted by molar-refractivity contribution is -0.138. The van der Waals surface area contributed by atoms with E-state index < -0.39 is 0 Å². The van der Waals surface area contributed by atoms with Gasteiger partial charge in [0.25, 0.3) is 0 Å². The second kappa shape index (κ2) is 6.30. The number of nitrogens with zero attached hydrogens (tertiary/aromatic N) is 3. The van der Waals surface area contributed by atoms with Crippen LogP contribution in [0.2, 0.25) is 0 Å². The highest BCUT2D eigenvalue weighted by Gasteiger charge is 2.31. The maximum Gasteiger partial charge on any atom is 0.226 e. The number of hydrogen-bond acceptors (Lipinski definition) is 3. The molecule has 1 amide bonds. The van der Waals surface area contributed by atoms with E-state index in [1.54, 1.807) is 0 Å². The summed E-state index contributed by atoms with van der Waals surface area (Å²) in [5.74, 6) is 0.246. The monoisotopic (exact) mass is 298 g/mol. The van der Waals surface area contributed by atoms with Gasteiger partial charge in [0.15, 0.2) is 0 Å². The second-order valence-electron chi connectivity index (χ2n) is 6.20. The molecule has 1 aliphatic carbocycles. The third-order valence-corrected chi connectivity index (χ3v) is 4.32. The molecule has 0 saturated carbocycles. The minimum Gasteiger partial charge on any atom is -0.336 e. The van der Waals surface area contributed by atoms with Crippen LogP contribution in [0.25, 0.3) is 0 Å². The van der Waals surface area contributed by atoms with Crippen molar-refractivity contribution in [3.8, 4) is 0 Å². The zero-order chi connectivity index (χ0) is 15.5. The van der Waals surface area contributed by atoms with Crippen LogP contribution in [0.15, 0.2) is 30.3 Å².